The number of ether oxygens (including phenoxy) is 2. The Morgan fingerprint density at radius 3 is 1.91 bits per heavy atom. The predicted octanol–water partition coefficient (Wildman–Crippen LogP) is 6.33. The van der Waals surface area contributed by atoms with E-state index in [-0.39, 0.29) is 53.8 Å². The van der Waals surface area contributed by atoms with E-state index in [2.05, 4.69) is 15.5 Å². The fourth-order valence-electron chi connectivity index (χ4n) is 7.53. The van der Waals surface area contributed by atoms with E-state index in [1.54, 1.807) is 6.92 Å². The molecule has 0 spiro atoms. The van der Waals surface area contributed by atoms with Crippen molar-refractivity contribution in [3.05, 3.63) is 71.8 Å². The highest BCUT2D eigenvalue weighted by molar-refractivity contribution is 5.98. The first-order chi connectivity index (χ1) is 26.8. The van der Waals surface area contributed by atoms with Crippen molar-refractivity contribution in [1.82, 2.24) is 15.5 Å². The summed E-state index contributed by atoms with van der Waals surface area (Å²) in [6.45, 7) is 14.5. The van der Waals surface area contributed by atoms with Crippen LogP contribution < -0.4 is 10.6 Å². The number of amides is 2. The Hall–Kier alpha value is -3.73. The molecule has 10 heteroatoms. The number of unbranched alkanes of at least 4 members (excludes halogenated alkanes) is 2. The Morgan fingerprint density at radius 2 is 1.30 bits per heavy atom. The largest absolute Gasteiger partial charge is 0.379 e. The van der Waals surface area contributed by atoms with Crippen molar-refractivity contribution < 1.29 is 33.4 Å². The highest BCUT2D eigenvalue weighted by Crippen LogP contribution is 2.30. The van der Waals surface area contributed by atoms with Crippen LogP contribution in [-0.2, 0) is 46.3 Å². The van der Waals surface area contributed by atoms with Gasteiger partial charge in [0.1, 0.15) is 11.4 Å². The van der Waals surface area contributed by atoms with E-state index in [1.807, 2.05) is 88.4 Å². The van der Waals surface area contributed by atoms with Gasteiger partial charge in [-0.05, 0) is 81.4 Å². The average molecular weight is 774 g/mol. The summed E-state index contributed by atoms with van der Waals surface area (Å²) in [4.78, 5) is 71.6. The third-order valence-corrected chi connectivity index (χ3v) is 11.0. The minimum atomic E-state index is -0.897. The van der Waals surface area contributed by atoms with Gasteiger partial charge in [0.05, 0.1) is 31.9 Å². The molecule has 2 aliphatic heterocycles. The van der Waals surface area contributed by atoms with Gasteiger partial charge in [-0.25, -0.2) is 0 Å². The molecule has 4 rings (SSSR count). The molecule has 2 aliphatic rings. The van der Waals surface area contributed by atoms with Crippen LogP contribution in [-0.4, -0.2) is 91.2 Å². The summed E-state index contributed by atoms with van der Waals surface area (Å²) in [6.07, 6.45) is 5.47. The summed E-state index contributed by atoms with van der Waals surface area (Å²) >= 11 is 0. The lowest BCUT2D eigenvalue weighted by molar-refractivity contribution is -0.135. The number of nitrogens with zero attached hydrogens (tertiary/aromatic N) is 1. The van der Waals surface area contributed by atoms with Gasteiger partial charge in [0.2, 0.25) is 11.8 Å². The van der Waals surface area contributed by atoms with Crippen molar-refractivity contribution in [2.75, 3.05) is 39.5 Å². The smallest absolute Gasteiger partial charge is 0.224 e. The summed E-state index contributed by atoms with van der Waals surface area (Å²) in [6, 6.07) is 17.9. The molecule has 2 N–H and O–H groups in total. The number of carbonyl (C=O) groups is 5. The molecule has 2 heterocycles. The number of Topliss-reactive ketones (excluding diaryl/α,β-unsaturated/α-hetero) is 3. The molecule has 0 bridgehead atoms. The number of aryl methyl sites for hydroxylation is 1. The van der Waals surface area contributed by atoms with Crippen LogP contribution in [0, 0.1) is 23.7 Å². The van der Waals surface area contributed by atoms with Crippen LogP contribution in [0.3, 0.4) is 0 Å². The second-order valence-corrected chi connectivity index (χ2v) is 17.1. The SMILES string of the molecule is CC(C)C[C@H](NC(=O)C(CCc1ccccc1)CC(=O)CCCCCN1CCOCC1)C(=O)C[C@@H](Cc1ccccc1)C(=O)N[C@@H](CC(C)C)C(=O)[C@@]1(C)CO1. The molecule has 0 radical (unpaired) electrons. The maximum atomic E-state index is 14.3. The minimum Gasteiger partial charge on any atom is -0.379 e. The third-order valence-electron chi connectivity index (χ3n) is 11.0. The molecule has 2 amide bonds. The normalized spacial score (nSPS) is 19.2. The molecule has 308 valence electrons. The standard InChI is InChI=1S/C46H67N3O7/c1-33(2)27-40(42(51)31-38(29-36-17-11-7-12-18-36)45(54)48-41(28-34(3)4)43(52)46(5)32-56-46)47-44(53)37(21-20-35-15-9-6-10-16-35)30-39(50)19-13-8-14-22-49-23-25-55-26-24-49/h6-7,9-12,15-18,33-34,37-38,40-41H,8,13-14,19-32H2,1-5H3,(H,47,53)(H,48,54)/t37?,38-,40+,41+,46-/m1/s1. The fraction of sp³-hybridized carbons (Fsp3) is 0.630. The number of hydrogen-bond acceptors (Lipinski definition) is 8. The van der Waals surface area contributed by atoms with E-state index in [0.29, 0.717) is 45.1 Å². The van der Waals surface area contributed by atoms with Crippen LogP contribution in [0.25, 0.3) is 0 Å². The lowest BCUT2D eigenvalue weighted by Crippen LogP contribution is -2.50. The van der Waals surface area contributed by atoms with E-state index in [1.165, 1.54) is 0 Å². The number of morpholine rings is 1. The monoisotopic (exact) mass is 773 g/mol. The quantitative estimate of drug-likeness (QED) is 0.0838. The highest BCUT2D eigenvalue weighted by Gasteiger charge is 2.50. The van der Waals surface area contributed by atoms with E-state index >= 15 is 0 Å². The van der Waals surface area contributed by atoms with Crippen LogP contribution >= 0.6 is 0 Å². The zero-order valence-electron chi connectivity index (χ0n) is 34.6. The molecule has 5 atom stereocenters. The third kappa shape index (κ3) is 15.7. The number of nitrogens with one attached hydrogen (secondary N) is 2. The summed E-state index contributed by atoms with van der Waals surface area (Å²) in [5.74, 6) is -2.11. The van der Waals surface area contributed by atoms with Crippen LogP contribution in [0.1, 0.15) is 104 Å². The average Bonchev–Trinajstić information content (AvgIpc) is 3.94. The van der Waals surface area contributed by atoms with Gasteiger partial charge in [-0.15, -0.1) is 0 Å². The maximum Gasteiger partial charge on any atom is 0.224 e. The molecule has 1 unspecified atom stereocenters. The molecule has 2 aromatic carbocycles. The summed E-state index contributed by atoms with van der Waals surface area (Å²) in [5.41, 5.74) is 1.09. The molecule has 2 saturated heterocycles. The second kappa shape index (κ2) is 22.9. The van der Waals surface area contributed by atoms with Gasteiger partial charge in [-0.2, -0.15) is 0 Å². The van der Waals surface area contributed by atoms with Crippen LogP contribution in [0.4, 0.5) is 0 Å². The summed E-state index contributed by atoms with van der Waals surface area (Å²) in [7, 11) is 0. The number of hydrogen-bond donors (Lipinski definition) is 2. The fourth-order valence-corrected chi connectivity index (χ4v) is 7.53. The van der Waals surface area contributed by atoms with Crippen molar-refractivity contribution in [2.24, 2.45) is 23.7 Å². The second-order valence-electron chi connectivity index (χ2n) is 17.1. The zero-order chi connectivity index (χ0) is 40.5. The molecular weight excluding hydrogens is 707 g/mol. The minimum absolute atomic E-state index is 0.0619. The molecule has 56 heavy (non-hydrogen) atoms. The number of ketones is 3. The molecule has 0 aliphatic carbocycles. The van der Waals surface area contributed by atoms with Crippen molar-refractivity contribution in [3.8, 4) is 0 Å². The lowest BCUT2D eigenvalue weighted by atomic mass is 9.87. The Bertz CT molecular complexity index is 1540. The maximum absolute atomic E-state index is 14.3. The summed E-state index contributed by atoms with van der Waals surface area (Å²) < 4.78 is 10.9. The van der Waals surface area contributed by atoms with E-state index in [0.717, 1.165) is 63.2 Å². The van der Waals surface area contributed by atoms with Crippen molar-refractivity contribution in [1.29, 1.82) is 0 Å². The zero-order valence-corrected chi connectivity index (χ0v) is 34.6. The van der Waals surface area contributed by atoms with Gasteiger partial charge in [0, 0.05) is 44.2 Å². The number of rotatable bonds is 26. The highest BCUT2D eigenvalue weighted by atomic mass is 16.6. The van der Waals surface area contributed by atoms with Gasteiger partial charge in [-0.3, -0.25) is 28.9 Å². The summed E-state index contributed by atoms with van der Waals surface area (Å²) in [5, 5.41) is 6.07. The number of epoxide rings is 1. The van der Waals surface area contributed by atoms with Crippen molar-refractivity contribution >= 4 is 29.2 Å². The molecule has 0 aromatic heterocycles. The van der Waals surface area contributed by atoms with E-state index in [4.69, 9.17) is 9.47 Å². The Balaban J connectivity index is 1.45. The van der Waals surface area contributed by atoms with E-state index in [9.17, 15) is 24.0 Å². The van der Waals surface area contributed by atoms with Gasteiger partial charge in [0.15, 0.2) is 11.6 Å². The van der Waals surface area contributed by atoms with Crippen molar-refractivity contribution in [3.63, 3.8) is 0 Å². The first-order valence-electron chi connectivity index (χ1n) is 21.0. The first kappa shape index (κ1) is 45.0. The Labute approximate surface area is 335 Å². The molecular formula is C46H67N3O7. The van der Waals surface area contributed by atoms with Gasteiger partial charge < -0.3 is 20.1 Å². The first-order valence-corrected chi connectivity index (χ1v) is 21.0. The van der Waals surface area contributed by atoms with E-state index < -0.39 is 29.5 Å². The van der Waals surface area contributed by atoms with Crippen molar-refractivity contribution in [2.45, 2.75) is 123 Å². The number of carbonyl (C=O) groups excluding carboxylic acids is 5. The molecule has 2 aromatic rings. The van der Waals surface area contributed by atoms with Gasteiger partial charge >= 0.3 is 0 Å². The molecule has 0 saturated carbocycles. The van der Waals surface area contributed by atoms with Crippen LogP contribution in [0.2, 0.25) is 0 Å². The lowest BCUT2D eigenvalue weighted by Gasteiger charge is -2.27. The Morgan fingerprint density at radius 1 is 0.732 bits per heavy atom. The molecule has 10 nitrogen and oxygen atoms in total. The Kier molecular flexibility index (Phi) is 18.4. The van der Waals surface area contributed by atoms with Gasteiger partial charge in [0.25, 0.3) is 0 Å². The predicted molar refractivity (Wildman–Crippen MR) is 219 cm³/mol. The van der Waals surface area contributed by atoms with Gasteiger partial charge in [-0.1, -0.05) is 94.8 Å². The van der Waals surface area contributed by atoms with Crippen LogP contribution in [0.5, 0.6) is 0 Å². The topological polar surface area (TPSA) is 134 Å². The number of benzene rings is 2. The molecule has 2 fully saturated rings. The van der Waals surface area contributed by atoms with Crippen LogP contribution in [0.15, 0.2) is 60.7 Å².